The highest BCUT2D eigenvalue weighted by Crippen LogP contribution is 2.31. The van der Waals surface area contributed by atoms with Gasteiger partial charge < -0.3 is 26.2 Å². The van der Waals surface area contributed by atoms with Crippen LogP contribution in [0, 0.1) is 5.82 Å². The molecule has 1 unspecified atom stereocenters. The van der Waals surface area contributed by atoms with Crippen molar-refractivity contribution in [3.05, 3.63) is 66.2 Å². The van der Waals surface area contributed by atoms with Crippen molar-refractivity contribution in [1.29, 1.82) is 0 Å². The number of hydrogen-bond acceptors (Lipinski definition) is 5. The van der Waals surface area contributed by atoms with Crippen LogP contribution in [0.2, 0.25) is 0 Å². The van der Waals surface area contributed by atoms with Crippen molar-refractivity contribution >= 4 is 11.7 Å². The Hall–Kier alpha value is -3.43. The van der Waals surface area contributed by atoms with Crippen LogP contribution in [0.15, 0.2) is 54.9 Å². The monoisotopic (exact) mass is 413 g/mol. The van der Waals surface area contributed by atoms with Gasteiger partial charge in [-0.05, 0) is 48.4 Å². The van der Waals surface area contributed by atoms with Gasteiger partial charge in [-0.2, -0.15) is 5.10 Å². The molecule has 3 rings (SSSR count). The highest BCUT2D eigenvalue weighted by molar-refractivity contribution is 5.91. The summed E-state index contributed by atoms with van der Waals surface area (Å²) in [6.45, 7) is 0.551. The molecule has 2 amide bonds. The fraction of sp³-hybridized carbons (Fsp3) is 0.238. The van der Waals surface area contributed by atoms with E-state index in [-0.39, 0.29) is 6.61 Å². The Morgan fingerprint density at radius 3 is 2.70 bits per heavy atom. The molecule has 6 N–H and O–H groups in total. The number of aliphatic hydroxyl groups is 1. The molecule has 30 heavy (non-hydrogen) atoms. The maximum Gasteiger partial charge on any atom is 0.319 e. The number of H-pyrrole nitrogens is 1. The molecule has 0 bridgehead atoms. The van der Waals surface area contributed by atoms with Crippen molar-refractivity contribution in [1.82, 2.24) is 15.5 Å². The van der Waals surface area contributed by atoms with E-state index in [0.717, 1.165) is 11.1 Å². The summed E-state index contributed by atoms with van der Waals surface area (Å²) < 4.78 is 18.9. The van der Waals surface area contributed by atoms with Gasteiger partial charge >= 0.3 is 6.03 Å². The molecule has 0 fully saturated rings. The van der Waals surface area contributed by atoms with Crippen molar-refractivity contribution in [2.45, 2.75) is 12.5 Å². The van der Waals surface area contributed by atoms with E-state index in [1.54, 1.807) is 24.5 Å². The minimum Gasteiger partial charge on any atom is -0.491 e. The first-order chi connectivity index (χ1) is 14.6. The zero-order chi connectivity index (χ0) is 21.3. The minimum absolute atomic E-state index is 0.335. The van der Waals surface area contributed by atoms with Gasteiger partial charge in [-0.3, -0.25) is 5.10 Å². The molecule has 1 atom stereocenters. The van der Waals surface area contributed by atoms with Gasteiger partial charge in [0.2, 0.25) is 0 Å². The number of aromatic amines is 1. The maximum atomic E-state index is 13.1. The van der Waals surface area contributed by atoms with Gasteiger partial charge in [0, 0.05) is 11.8 Å². The number of rotatable bonds is 9. The molecule has 9 heteroatoms. The molecule has 0 radical (unpaired) electrons. The predicted octanol–water partition coefficient (Wildman–Crippen LogP) is 2.80. The van der Waals surface area contributed by atoms with Crippen LogP contribution in [0.4, 0.5) is 14.9 Å². The van der Waals surface area contributed by atoms with Crippen LogP contribution in [0.5, 0.6) is 5.75 Å². The molecule has 0 aliphatic rings. The van der Waals surface area contributed by atoms with Crippen LogP contribution in [0.25, 0.3) is 11.1 Å². The first-order valence-corrected chi connectivity index (χ1v) is 9.50. The summed E-state index contributed by atoms with van der Waals surface area (Å²) in [5, 5.41) is 21.7. The van der Waals surface area contributed by atoms with Gasteiger partial charge in [-0.25, -0.2) is 9.18 Å². The van der Waals surface area contributed by atoms with E-state index in [4.69, 9.17) is 10.5 Å². The van der Waals surface area contributed by atoms with Gasteiger partial charge in [0.1, 0.15) is 11.6 Å². The molecule has 1 aromatic heterocycles. The average Bonchev–Trinajstić information content (AvgIpc) is 3.29. The number of aliphatic hydroxyl groups excluding tert-OH is 1. The Morgan fingerprint density at radius 2 is 2.03 bits per heavy atom. The fourth-order valence-electron chi connectivity index (χ4n) is 2.84. The Kier molecular flexibility index (Phi) is 7.36. The Bertz CT molecular complexity index is 948. The second kappa shape index (κ2) is 10.4. The van der Waals surface area contributed by atoms with E-state index in [9.17, 15) is 14.3 Å². The summed E-state index contributed by atoms with van der Waals surface area (Å²) in [7, 11) is 0. The molecular formula is C21H24FN5O3. The quantitative estimate of drug-likeness (QED) is 0.345. The average molecular weight is 413 g/mol. The van der Waals surface area contributed by atoms with E-state index in [0.29, 0.717) is 36.6 Å². The summed E-state index contributed by atoms with van der Waals surface area (Å²) in [5.41, 5.74) is 8.34. The van der Waals surface area contributed by atoms with Crippen LogP contribution < -0.4 is 21.1 Å². The molecule has 0 aliphatic heterocycles. The second-order valence-electron chi connectivity index (χ2n) is 6.57. The number of nitrogens with zero attached hydrogens (tertiary/aromatic N) is 1. The van der Waals surface area contributed by atoms with Gasteiger partial charge in [0.05, 0.1) is 31.1 Å². The van der Waals surface area contributed by atoms with Crippen molar-refractivity contribution in [3.63, 3.8) is 0 Å². The van der Waals surface area contributed by atoms with E-state index < -0.39 is 17.9 Å². The predicted molar refractivity (Wildman–Crippen MR) is 112 cm³/mol. The maximum absolute atomic E-state index is 13.1. The fourth-order valence-corrected chi connectivity index (χ4v) is 2.84. The molecule has 8 nitrogen and oxygen atoms in total. The van der Waals surface area contributed by atoms with Crippen molar-refractivity contribution in [2.75, 3.05) is 25.1 Å². The Morgan fingerprint density at radius 1 is 1.23 bits per heavy atom. The minimum atomic E-state index is -0.683. The third-order valence-corrected chi connectivity index (χ3v) is 4.43. The molecule has 158 valence electrons. The molecule has 3 aromatic rings. The van der Waals surface area contributed by atoms with E-state index in [2.05, 4.69) is 20.8 Å². The summed E-state index contributed by atoms with van der Waals surface area (Å²) in [6, 6.07) is 9.72. The lowest BCUT2D eigenvalue weighted by atomic mass is 10.1. The molecule has 0 saturated carbocycles. The number of benzene rings is 2. The van der Waals surface area contributed by atoms with Crippen LogP contribution in [0.1, 0.15) is 18.0 Å². The number of carbonyl (C=O) groups is 1. The van der Waals surface area contributed by atoms with Gasteiger partial charge in [-0.15, -0.1) is 0 Å². The number of carbonyl (C=O) groups excluding carboxylic acids is 1. The first kappa shape index (κ1) is 21.3. The largest absolute Gasteiger partial charge is 0.491 e. The van der Waals surface area contributed by atoms with Gasteiger partial charge in [0.25, 0.3) is 0 Å². The van der Waals surface area contributed by atoms with Crippen molar-refractivity contribution in [2.24, 2.45) is 5.73 Å². The van der Waals surface area contributed by atoms with E-state index >= 15 is 0 Å². The zero-order valence-corrected chi connectivity index (χ0v) is 16.3. The number of aromatic nitrogens is 2. The van der Waals surface area contributed by atoms with Gasteiger partial charge in [0.15, 0.2) is 0 Å². The highest BCUT2D eigenvalue weighted by atomic mass is 19.1. The molecular weight excluding hydrogens is 389 g/mol. The van der Waals surface area contributed by atoms with Crippen LogP contribution in [-0.2, 0) is 0 Å². The lowest BCUT2D eigenvalue weighted by molar-refractivity contribution is 0.225. The van der Waals surface area contributed by atoms with Crippen LogP contribution in [-0.4, -0.2) is 41.1 Å². The second-order valence-corrected chi connectivity index (χ2v) is 6.57. The number of nitrogens with one attached hydrogen (secondary N) is 3. The number of ether oxygens (including phenoxy) is 1. The van der Waals surface area contributed by atoms with Crippen molar-refractivity contribution in [3.8, 4) is 16.9 Å². The van der Waals surface area contributed by atoms with Crippen LogP contribution >= 0.6 is 0 Å². The van der Waals surface area contributed by atoms with Gasteiger partial charge in [-0.1, -0.05) is 18.2 Å². The number of halogens is 1. The van der Waals surface area contributed by atoms with Crippen molar-refractivity contribution < 1.29 is 19.0 Å². The first-order valence-electron chi connectivity index (χ1n) is 9.50. The number of nitrogens with two attached hydrogens (primary N) is 1. The number of urea groups is 1. The lowest BCUT2D eigenvalue weighted by Gasteiger charge is -2.19. The zero-order valence-electron chi connectivity index (χ0n) is 16.3. The SMILES string of the molecule is NCCCOc1cc(-c2cn[nH]c2)ccc1NC(=O)NC(CO)c1ccc(F)cc1. The smallest absolute Gasteiger partial charge is 0.319 e. The van der Waals surface area contributed by atoms with E-state index in [1.165, 1.54) is 24.3 Å². The molecule has 0 aliphatic carbocycles. The third-order valence-electron chi connectivity index (χ3n) is 4.43. The number of amides is 2. The standard InChI is InChI=1S/C21H24FN5O3/c22-17-5-2-14(3-6-17)19(13-28)27-21(29)26-18-7-4-15(16-11-24-25-12-16)10-20(18)30-9-1-8-23/h2-7,10-12,19,28H,1,8-9,13,23H2,(H,24,25)(H2,26,27,29). The third kappa shape index (κ3) is 5.56. The Labute approximate surface area is 173 Å². The summed E-state index contributed by atoms with van der Waals surface area (Å²) >= 11 is 0. The molecule has 2 aromatic carbocycles. The summed E-state index contributed by atoms with van der Waals surface area (Å²) in [6.07, 6.45) is 4.11. The van der Waals surface area contributed by atoms with E-state index in [1.807, 2.05) is 6.07 Å². The summed E-state index contributed by atoms with van der Waals surface area (Å²) in [5.74, 6) is 0.0940. The molecule has 0 saturated heterocycles. The molecule has 1 heterocycles. The normalized spacial score (nSPS) is 11.7. The number of hydrogen-bond donors (Lipinski definition) is 5. The van der Waals surface area contributed by atoms with Crippen LogP contribution in [0.3, 0.4) is 0 Å². The summed E-state index contributed by atoms with van der Waals surface area (Å²) in [4.78, 5) is 12.5. The number of anilines is 1. The molecule has 0 spiro atoms. The Balaban J connectivity index is 1.74. The lowest BCUT2D eigenvalue weighted by Crippen LogP contribution is -2.34. The topological polar surface area (TPSA) is 125 Å². The highest BCUT2D eigenvalue weighted by Gasteiger charge is 2.16.